The van der Waals surface area contributed by atoms with E-state index in [2.05, 4.69) is 33.8 Å². The van der Waals surface area contributed by atoms with Crippen molar-refractivity contribution in [3.63, 3.8) is 0 Å². The summed E-state index contributed by atoms with van der Waals surface area (Å²) in [6.45, 7) is 0.702. The molecular formula is C17H18N4. The van der Waals surface area contributed by atoms with E-state index in [4.69, 9.17) is 5.26 Å². The van der Waals surface area contributed by atoms with Crippen LogP contribution in [0.25, 0.3) is 11.1 Å². The van der Waals surface area contributed by atoms with Crippen LogP contribution < -0.4 is 10.6 Å². The zero-order valence-corrected chi connectivity index (χ0v) is 12.2. The van der Waals surface area contributed by atoms with Gasteiger partial charge in [0.1, 0.15) is 0 Å². The molecule has 0 saturated heterocycles. The van der Waals surface area contributed by atoms with E-state index < -0.39 is 0 Å². The van der Waals surface area contributed by atoms with Crippen molar-refractivity contribution < 1.29 is 0 Å². The summed E-state index contributed by atoms with van der Waals surface area (Å²) < 4.78 is 0. The quantitative estimate of drug-likeness (QED) is 0.670. The predicted molar refractivity (Wildman–Crippen MR) is 85.9 cm³/mol. The maximum atomic E-state index is 9.15. The summed E-state index contributed by atoms with van der Waals surface area (Å²) in [5.74, 6) is 0.758. The fraction of sp³-hybridized carbons (Fsp3) is 0.176. The normalized spacial score (nSPS) is 10.8. The van der Waals surface area contributed by atoms with Gasteiger partial charge in [-0.15, -0.1) is 0 Å². The van der Waals surface area contributed by atoms with E-state index in [0.29, 0.717) is 12.1 Å². The Labute approximate surface area is 125 Å². The molecule has 0 aliphatic carbocycles. The summed E-state index contributed by atoms with van der Waals surface area (Å²) in [6.07, 6.45) is 0. The number of rotatable bonds is 3. The topological polar surface area (TPSA) is 60.2 Å². The predicted octanol–water partition coefficient (Wildman–Crippen LogP) is 2.52. The third kappa shape index (κ3) is 3.61. The zero-order chi connectivity index (χ0) is 15.1. The largest absolute Gasteiger partial charge is 0.359 e. The molecule has 0 aliphatic heterocycles. The SMILES string of the molecule is CN=C(NC)NCc1ccc(-c2ccccc2C#N)cc1. The van der Waals surface area contributed by atoms with Crippen LogP contribution in [0.1, 0.15) is 11.1 Å². The van der Waals surface area contributed by atoms with Crippen LogP contribution in [0.15, 0.2) is 53.5 Å². The summed E-state index contributed by atoms with van der Waals surface area (Å²) >= 11 is 0. The van der Waals surface area contributed by atoms with E-state index in [9.17, 15) is 0 Å². The molecule has 2 aromatic carbocycles. The lowest BCUT2D eigenvalue weighted by Crippen LogP contribution is -2.34. The van der Waals surface area contributed by atoms with Crippen molar-refractivity contribution in [2.45, 2.75) is 6.54 Å². The minimum absolute atomic E-state index is 0.693. The summed E-state index contributed by atoms with van der Waals surface area (Å²) in [7, 11) is 3.57. The van der Waals surface area contributed by atoms with Crippen LogP contribution in [-0.2, 0) is 6.54 Å². The van der Waals surface area contributed by atoms with Gasteiger partial charge in [0, 0.05) is 20.6 Å². The van der Waals surface area contributed by atoms with Crippen molar-refractivity contribution in [1.29, 1.82) is 5.26 Å². The molecule has 2 rings (SSSR count). The molecule has 2 aromatic rings. The average molecular weight is 278 g/mol. The molecule has 0 aromatic heterocycles. The Morgan fingerprint density at radius 1 is 1.14 bits per heavy atom. The van der Waals surface area contributed by atoms with E-state index in [1.54, 1.807) is 7.05 Å². The maximum absolute atomic E-state index is 9.15. The molecule has 0 fully saturated rings. The molecular weight excluding hydrogens is 260 g/mol. The van der Waals surface area contributed by atoms with Crippen LogP contribution in [-0.4, -0.2) is 20.1 Å². The molecule has 0 amide bonds. The Kier molecular flexibility index (Phi) is 4.94. The van der Waals surface area contributed by atoms with E-state index >= 15 is 0 Å². The minimum atomic E-state index is 0.693. The molecule has 21 heavy (non-hydrogen) atoms. The summed E-state index contributed by atoms with van der Waals surface area (Å²) in [5, 5.41) is 15.3. The van der Waals surface area contributed by atoms with E-state index in [0.717, 1.165) is 22.6 Å². The second-order valence-electron chi connectivity index (χ2n) is 4.53. The van der Waals surface area contributed by atoms with E-state index in [-0.39, 0.29) is 0 Å². The molecule has 0 radical (unpaired) electrons. The summed E-state index contributed by atoms with van der Waals surface area (Å²) in [6, 6.07) is 18.0. The van der Waals surface area contributed by atoms with Gasteiger partial charge in [-0.05, 0) is 22.8 Å². The van der Waals surface area contributed by atoms with Crippen molar-refractivity contribution in [3.05, 3.63) is 59.7 Å². The third-order valence-corrected chi connectivity index (χ3v) is 3.23. The van der Waals surface area contributed by atoms with Gasteiger partial charge in [0.15, 0.2) is 5.96 Å². The van der Waals surface area contributed by atoms with E-state index in [1.807, 2.05) is 43.4 Å². The first-order valence-electron chi connectivity index (χ1n) is 6.75. The Bertz CT molecular complexity index is 666. The zero-order valence-electron chi connectivity index (χ0n) is 12.2. The minimum Gasteiger partial charge on any atom is -0.359 e. The lowest BCUT2D eigenvalue weighted by Gasteiger charge is -2.09. The Hall–Kier alpha value is -2.80. The number of hydrogen-bond acceptors (Lipinski definition) is 2. The van der Waals surface area contributed by atoms with Crippen molar-refractivity contribution in [3.8, 4) is 17.2 Å². The Morgan fingerprint density at radius 2 is 1.86 bits per heavy atom. The first kappa shape index (κ1) is 14.6. The van der Waals surface area contributed by atoms with Crippen LogP contribution in [0.4, 0.5) is 0 Å². The fourth-order valence-electron chi connectivity index (χ4n) is 2.10. The molecule has 0 spiro atoms. The Balaban J connectivity index is 2.14. The van der Waals surface area contributed by atoms with Crippen LogP contribution in [0.2, 0.25) is 0 Å². The van der Waals surface area contributed by atoms with Gasteiger partial charge in [-0.2, -0.15) is 5.26 Å². The highest BCUT2D eigenvalue weighted by molar-refractivity contribution is 5.79. The molecule has 0 bridgehead atoms. The van der Waals surface area contributed by atoms with Gasteiger partial charge < -0.3 is 10.6 Å². The molecule has 0 atom stereocenters. The van der Waals surface area contributed by atoms with Gasteiger partial charge in [-0.3, -0.25) is 4.99 Å². The van der Waals surface area contributed by atoms with Gasteiger partial charge in [-0.25, -0.2) is 0 Å². The van der Waals surface area contributed by atoms with E-state index in [1.165, 1.54) is 0 Å². The number of hydrogen-bond donors (Lipinski definition) is 2. The lowest BCUT2D eigenvalue weighted by molar-refractivity contribution is 0.866. The van der Waals surface area contributed by atoms with Crippen molar-refractivity contribution in [2.24, 2.45) is 4.99 Å². The monoisotopic (exact) mass is 278 g/mol. The lowest BCUT2D eigenvalue weighted by atomic mass is 9.99. The maximum Gasteiger partial charge on any atom is 0.190 e. The van der Waals surface area contributed by atoms with Crippen LogP contribution in [0.5, 0.6) is 0 Å². The standard InChI is InChI=1S/C17H18N4/c1-19-17(20-2)21-12-13-7-9-14(10-8-13)16-6-4-3-5-15(16)11-18/h3-10H,12H2,1-2H3,(H2,19,20,21). The van der Waals surface area contributed by atoms with Gasteiger partial charge in [0.25, 0.3) is 0 Å². The molecule has 0 unspecified atom stereocenters. The number of nitrogens with zero attached hydrogens (tertiary/aromatic N) is 2. The molecule has 0 heterocycles. The summed E-state index contributed by atoms with van der Waals surface area (Å²) in [5.41, 5.74) is 3.86. The first-order valence-corrected chi connectivity index (χ1v) is 6.75. The smallest absolute Gasteiger partial charge is 0.190 e. The molecule has 0 saturated carbocycles. The number of benzene rings is 2. The van der Waals surface area contributed by atoms with Crippen molar-refractivity contribution >= 4 is 5.96 Å². The fourth-order valence-corrected chi connectivity index (χ4v) is 2.10. The highest BCUT2D eigenvalue weighted by Crippen LogP contribution is 2.23. The second kappa shape index (κ2) is 7.11. The molecule has 106 valence electrons. The van der Waals surface area contributed by atoms with Crippen LogP contribution in [0.3, 0.4) is 0 Å². The Morgan fingerprint density at radius 3 is 2.48 bits per heavy atom. The van der Waals surface area contributed by atoms with Gasteiger partial charge in [-0.1, -0.05) is 42.5 Å². The molecule has 2 N–H and O–H groups in total. The first-order chi connectivity index (χ1) is 10.3. The number of nitrogens with one attached hydrogen (secondary N) is 2. The van der Waals surface area contributed by atoms with Crippen LogP contribution in [0, 0.1) is 11.3 Å². The van der Waals surface area contributed by atoms with Gasteiger partial charge >= 0.3 is 0 Å². The molecule has 4 nitrogen and oxygen atoms in total. The number of guanidine groups is 1. The van der Waals surface area contributed by atoms with Gasteiger partial charge in [0.05, 0.1) is 11.6 Å². The highest BCUT2D eigenvalue weighted by atomic mass is 15.1. The third-order valence-electron chi connectivity index (χ3n) is 3.23. The number of nitriles is 1. The van der Waals surface area contributed by atoms with Gasteiger partial charge in [0.2, 0.25) is 0 Å². The summed E-state index contributed by atoms with van der Waals surface area (Å²) in [4.78, 5) is 4.07. The van der Waals surface area contributed by atoms with Crippen molar-refractivity contribution in [2.75, 3.05) is 14.1 Å². The molecule has 4 heteroatoms. The van der Waals surface area contributed by atoms with Crippen LogP contribution >= 0.6 is 0 Å². The van der Waals surface area contributed by atoms with Crippen molar-refractivity contribution in [1.82, 2.24) is 10.6 Å². The number of aliphatic imine (C=N–C) groups is 1. The highest BCUT2D eigenvalue weighted by Gasteiger charge is 2.04. The average Bonchev–Trinajstić information content (AvgIpc) is 2.56. The second-order valence-corrected chi connectivity index (χ2v) is 4.53. The molecule has 0 aliphatic rings.